The third-order valence-corrected chi connectivity index (χ3v) is 0. The van der Waals surface area contributed by atoms with Crippen LogP contribution in [0.4, 0.5) is 0 Å². The van der Waals surface area contributed by atoms with E-state index in [9.17, 15) is 0 Å². The van der Waals surface area contributed by atoms with E-state index < -0.39 is 0 Å². The summed E-state index contributed by atoms with van der Waals surface area (Å²) in [6.45, 7) is 0. The molecule has 0 unspecified atom stereocenters. The summed E-state index contributed by atoms with van der Waals surface area (Å²) < 4.78 is 0. The quantitative estimate of drug-likeness (QED) is 0.377. The van der Waals surface area contributed by atoms with Gasteiger partial charge in [0.2, 0.25) is 0 Å². The molecule has 0 radical (unpaired) electrons. The summed E-state index contributed by atoms with van der Waals surface area (Å²) >= 11 is 0. The molecule has 0 rings (SSSR count). The third-order valence-electron chi connectivity index (χ3n) is 0. The Morgan fingerprint density at radius 2 is 0.571 bits per heavy atom. The van der Waals surface area contributed by atoms with Crippen LogP contribution in [-0.2, 0) is 0 Å². The van der Waals surface area contributed by atoms with E-state index in [-0.39, 0.29) is 124 Å². The molecule has 0 aliphatic carbocycles. The largest absolute Gasteiger partial charge is 1.00 e. The minimum Gasteiger partial charge on any atom is -1.00 e. The molecule has 0 aliphatic rings. The van der Waals surface area contributed by atoms with Gasteiger partial charge >= 0.3 is 51.4 Å². The Hall–Kier alpha value is 3.30. The van der Waals surface area contributed by atoms with Crippen LogP contribution in [0, 0.1) is 0 Å². The van der Waals surface area contributed by atoms with Gasteiger partial charge in [-0.25, -0.2) is 0 Å². The molecule has 0 saturated carbocycles. The first-order valence-electron chi connectivity index (χ1n) is 0. The standard InChI is InChI=1S/5ClH.K.H4Si/h5*1H;;1H4/q;;;;;+1;/p-1. The molecule has 0 aromatic heterocycles. The fourth-order valence-electron chi connectivity index (χ4n) is 0. The summed E-state index contributed by atoms with van der Waals surface area (Å²) in [4.78, 5) is 0. The van der Waals surface area contributed by atoms with Crippen LogP contribution in [0.25, 0.3) is 0 Å². The topological polar surface area (TPSA) is 0 Å². The Kier molecular flexibility index (Phi) is 686. The summed E-state index contributed by atoms with van der Waals surface area (Å²) in [7, 11) is 0. The monoisotopic (exact) mass is 250 g/mol. The van der Waals surface area contributed by atoms with Gasteiger partial charge in [-0.05, 0) is 11.0 Å². The normalized spacial score (nSPS) is 0. The Balaban J connectivity index is 0. The Morgan fingerprint density at radius 1 is 0.571 bits per heavy atom. The van der Waals surface area contributed by atoms with Crippen LogP contribution in [0.15, 0.2) is 0 Å². The summed E-state index contributed by atoms with van der Waals surface area (Å²) in [6, 6.07) is 0. The van der Waals surface area contributed by atoms with Crippen molar-refractivity contribution in [1.82, 2.24) is 0 Å². The number of rotatable bonds is 0. The van der Waals surface area contributed by atoms with E-state index in [4.69, 9.17) is 0 Å². The minimum absolute atomic E-state index is 0. The molecule has 0 spiro atoms. The van der Waals surface area contributed by atoms with Crippen LogP contribution < -0.4 is 63.8 Å². The average molecular weight is 253 g/mol. The van der Waals surface area contributed by atoms with Crippen molar-refractivity contribution in [3.05, 3.63) is 0 Å². The van der Waals surface area contributed by atoms with E-state index >= 15 is 0 Å². The van der Waals surface area contributed by atoms with E-state index in [0.29, 0.717) is 0 Å². The summed E-state index contributed by atoms with van der Waals surface area (Å²) in [5.41, 5.74) is 0. The SMILES string of the molecule is Cl.Cl.Cl.Cl.[Cl-].[K+].[SiH4]. The van der Waals surface area contributed by atoms with Crippen molar-refractivity contribution in [3.8, 4) is 0 Å². The minimum atomic E-state index is 0. The maximum atomic E-state index is 0. The van der Waals surface area contributed by atoms with E-state index in [1.165, 1.54) is 0 Å². The average Bonchev–Trinajstić information content (AvgIpc) is 0. The molecule has 0 atom stereocenters. The zero-order valence-electron chi connectivity index (χ0n) is 3.01. The zero-order chi connectivity index (χ0) is 0. The van der Waals surface area contributed by atoms with E-state index in [1.807, 2.05) is 0 Å². The van der Waals surface area contributed by atoms with Crippen molar-refractivity contribution >= 4 is 60.6 Å². The first-order chi connectivity index (χ1) is 0. The van der Waals surface area contributed by atoms with Gasteiger partial charge in [0.05, 0.1) is 0 Å². The molecular weight excluding hydrogens is 244 g/mol. The Labute approximate surface area is 122 Å². The van der Waals surface area contributed by atoms with Crippen LogP contribution >= 0.6 is 49.6 Å². The second-order valence-electron chi connectivity index (χ2n) is 0. The number of halogens is 5. The second-order valence-corrected chi connectivity index (χ2v) is 0. The van der Waals surface area contributed by atoms with Crippen molar-refractivity contribution in [2.45, 2.75) is 0 Å². The maximum absolute atomic E-state index is 0. The van der Waals surface area contributed by atoms with Gasteiger partial charge < -0.3 is 12.4 Å². The molecule has 0 bridgehead atoms. The number of hydrogen-bond acceptors (Lipinski definition) is 0. The fraction of sp³-hybridized carbons (Fsp3) is 0. The van der Waals surface area contributed by atoms with Crippen molar-refractivity contribution in [3.63, 3.8) is 0 Å². The van der Waals surface area contributed by atoms with Gasteiger partial charge in [-0.3, -0.25) is 0 Å². The first kappa shape index (κ1) is 81.7. The predicted molar refractivity (Wildman–Crippen MR) is 40.3 cm³/mol. The van der Waals surface area contributed by atoms with Gasteiger partial charge in [0.25, 0.3) is 0 Å². The van der Waals surface area contributed by atoms with Gasteiger partial charge in [0.15, 0.2) is 0 Å². The third kappa shape index (κ3) is 45.5. The van der Waals surface area contributed by atoms with Crippen molar-refractivity contribution in [2.75, 3.05) is 0 Å². The molecule has 0 heterocycles. The van der Waals surface area contributed by atoms with Crippen LogP contribution in [0.2, 0.25) is 0 Å². The van der Waals surface area contributed by atoms with Crippen LogP contribution in [0.3, 0.4) is 0 Å². The molecule has 0 aromatic carbocycles. The Bertz CT molecular complexity index is 8.04. The van der Waals surface area contributed by atoms with Gasteiger partial charge in [0.1, 0.15) is 0 Å². The van der Waals surface area contributed by atoms with Crippen molar-refractivity contribution < 1.29 is 63.8 Å². The molecule has 0 amide bonds. The Morgan fingerprint density at radius 3 is 0.571 bits per heavy atom. The first-order valence-corrected chi connectivity index (χ1v) is 0. The summed E-state index contributed by atoms with van der Waals surface area (Å²) in [5.74, 6) is 0. The summed E-state index contributed by atoms with van der Waals surface area (Å²) in [5, 5.41) is 0. The predicted octanol–water partition coefficient (Wildman–Crippen LogP) is -5.76. The molecule has 0 nitrogen and oxygen atoms in total. The molecule has 0 N–H and O–H groups in total. The molecule has 0 saturated heterocycles. The zero-order valence-corrected chi connectivity index (χ0v) is 10.2. The number of hydrogen-bond donors (Lipinski definition) is 0. The van der Waals surface area contributed by atoms with E-state index in [2.05, 4.69) is 0 Å². The van der Waals surface area contributed by atoms with Crippen LogP contribution in [0.1, 0.15) is 0 Å². The molecule has 7 heavy (non-hydrogen) atoms. The van der Waals surface area contributed by atoms with Crippen molar-refractivity contribution in [2.24, 2.45) is 0 Å². The summed E-state index contributed by atoms with van der Waals surface area (Å²) in [6.07, 6.45) is 0. The maximum Gasteiger partial charge on any atom is 1.00 e. The van der Waals surface area contributed by atoms with Crippen LogP contribution in [-0.4, -0.2) is 11.0 Å². The van der Waals surface area contributed by atoms with Gasteiger partial charge in [-0.1, -0.05) is 0 Å². The molecular formula is H8Cl5KSi. The van der Waals surface area contributed by atoms with E-state index in [1.54, 1.807) is 0 Å². The van der Waals surface area contributed by atoms with Gasteiger partial charge in [-0.15, -0.1) is 49.6 Å². The molecule has 0 aromatic rings. The molecule has 48 valence electrons. The smallest absolute Gasteiger partial charge is 1.00 e. The molecule has 0 fully saturated rings. The fourth-order valence-corrected chi connectivity index (χ4v) is 0. The van der Waals surface area contributed by atoms with Crippen LogP contribution in [0.5, 0.6) is 0 Å². The van der Waals surface area contributed by atoms with Crippen molar-refractivity contribution in [1.29, 1.82) is 0 Å². The molecule has 0 aliphatic heterocycles. The van der Waals surface area contributed by atoms with Gasteiger partial charge in [0, 0.05) is 0 Å². The van der Waals surface area contributed by atoms with Gasteiger partial charge in [-0.2, -0.15) is 0 Å². The van der Waals surface area contributed by atoms with E-state index in [0.717, 1.165) is 0 Å². The second kappa shape index (κ2) is 58.8. The molecule has 7 heteroatoms.